The molecule has 0 unspecified atom stereocenters. The first-order valence-corrected chi connectivity index (χ1v) is 3.02. The number of hydrogen-bond acceptors (Lipinski definition) is 2. The molecule has 9 heavy (non-hydrogen) atoms. The van der Waals surface area contributed by atoms with Crippen LogP contribution in [-0.4, -0.2) is 12.8 Å². The molecular weight excluding hydrogens is 114 g/mol. The fourth-order valence-electron chi connectivity index (χ4n) is 0.575. The quantitative estimate of drug-likeness (QED) is 0.456. The van der Waals surface area contributed by atoms with Gasteiger partial charge in [0, 0.05) is 0 Å². The first-order valence-electron chi connectivity index (χ1n) is 3.02. The maximum atomic E-state index is 7.16. The smallest absolute Gasteiger partial charge is 0.135 e. The van der Waals surface area contributed by atoms with E-state index in [9.17, 15) is 0 Å². The molecule has 0 bridgehead atoms. The molecule has 2 heteroatoms. The molecule has 1 N–H and O–H groups in total. The molecule has 2 nitrogen and oxygen atoms in total. The van der Waals surface area contributed by atoms with Gasteiger partial charge in [0.1, 0.15) is 5.76 Å². The molecule has 0 atom stereocenters. The van der Waals surface area contributed by atoms with E-state index >= 15 is 0 Å². The predicted molar refractivity (Wildman–Crippen MR) is 38.8 cm³/mol. The van der Waals surface area contributed by atoms with Crippen molar-refractivity contribution in [2.45, 2.75) is 20.3 Å². The fourth-order valence-corrected chi connectivity index (χ4v) is 0.575. The van der Waals surface area contributed by atoms with Crippen LogP contribution in [0.2, 0.25) is 0 Å². The lowest BCUT2D eigenvalue weighted by molar-refractivity contribution is 0.312. The maximum absolute atomic E-state index is 7.16. The largest absolute Gasteiger partial charge is 0.495 e. The van der Waals surface area contributed by atoms with Crippen molar-refractivity contribution in [1.29, 1.82) is 5.41 Å². The predicted octanol–water partition coefficient (Wildman–Crippen LogP) is 1.97. The van der Waals surface area contributed by atoms with Crippen LogP contribution in [0.25, 0.3) is 0 Å². The van der Waals surface area contributed by atoms with E-state index in [1.807, 2.05) is 13.0 Å². The van der Waals surface area contributed by atoms with Crippen LogP contribution < -0.4 is 0 Å². The van der Waals surface area contributed by atoms with Gasteiger partial charge in [-0.05, 0) is 19.4 Å². The minimum Gasteiger partial charge on any atom is -0.495 e. The molecule has 0 aliphatic carbocycles. The summed E-state index contributed by atoms with van der Waals surface area (Å²) in [5, 5.41) is 7.16. The lowest BCUT2D eigenvalue weighted by Gasteiger charge is -2.01. The Balaban J connectivity index is 3.98. The van der Waals surface area contributed by atoms with Gasteiger partial charge in [0.15, 0.2) is 0 Å². The van der Waals surface area contributed by atoms with Gasteiger partial charge in [-0.3, -0.25) is 0 Å². The average molecular weight is 127 g/mol. The van der Waals surface area contributed by atoms with Crippen LogP contribution in [0.15, 0.2) is 11.8 Å². The van der Waals surface area contributed by atoms with E-state index in [0.717, 1.165) is 6.42 Å². The average Bonchev–Trinajstić information content (AvgIpc) is 1.82. The summed E-state index contributed by atoms with van der Waals surface area (Å²) >= 11 is 0. The zero-order valence-corrected chi connectivity index (χ0v) is 6.19. The Morgan fingerprint density at radius 1 is 1.67 bits per heavy atom. The number of methoxy groups -OCH3 is 1. The Bertz CT molecular complexity index is 127. The number of rotatable bonds is 3. The number of allylic oxidation sites excluding steroid dienone is 2. The zero-order valence-electron chi connectivity index (χ0n) is 6.19. The Labute approximate surface area is 56.0 Å². The van der Waals surface area contributed by atoms with E-state index < -0.39 is 0 Å². The topological polar surface area (TPSA) is 33.1 Å². The van der Waals surface area contributed by atoms with E-state index in [4.69, 9.17) is 10.1 Å². The first-order chi connectivity index (χ1) is 4.22. The van der Waals surface area contributed by atoms with Crippen molar-refractivity contribution in [2.24, 2.45) is 0 Å². The van der Waals surface area contributed by atoms with Crippen molar-refractivity contribution >= 4 is 5.71 Å². The van der Waals surface area contributed by atoms with Crippen LogP contribution in [0.3, 0.4) is 0 Å². The minimum atomic E-state index is 0.486. The molecule has 0 aliphatic rings. The molecule has 0 aromatic carbocycles. The van der Waals surface area contributed by atoms with Crippen LogP contribution in [0.1, 0.15) is 20.3 Å². The lowest BCUT2D eigenvalue weighted by atomic mass is 10.3. The minimum absolute atomic E-state index is 0.486. The second-order valence-corrected chi connectivity index (χ2v) is 1.81. The normalized spacial score (nSPS) is 11.2. The standard InChI is InChI=1S/C7H13NO/c1-4-5-7(9-3)6(2)8/h5,8H,4H2,1-3H3/b7-5+,8-6?. The summed E-state index contributed by atoms with van der Waals surface area (Å²) in [6.45, 7) is 3.73. The Morgan fingerprint density at radius 3 is 2.33 bits per heavy atom. The van der Waals surface area contributed by atoms with Gasteiger partial charge in [-0.1, -0.05) is 6.92 Å². The van der Waals surface area contributed by atoms with Crippen molar-refractivity contribution in [1.82, 2.24) is 0 Å². The Kier molecular flexibility index (Phi) is 3.76. The monoisotopic (exact) mass is 127 g/mol. The highest BCUT2D eigenvalue weighted by Gasteiger charge is 1.94. The second kappa shape index (κ2) is 4.13. The third-order valence-corrected chi connectivity index (χ3v) is 0.979. The van der Waals surface area contributed by atoms with Gasteiger partial charge in [-0.2, -0.15) is 0 Å². The number of nitrogens with one attached hydrogen (secondary N) is 1. The van der Waals surface area contributed by atoms with E-state index in [2.05, 4.69) is 0 Å². The molecule has 0 saturated heterocycles. The molecule has 0 rings (SSSR count). The summed E-state index contributed by atoms with van der Waals surface area (Å²) < 4.78 is 4.89. The summed E-state index contributed by atoms with van der Waals surface area (Å²) in [5.41, 5.74) is 0.486. The first kappa shape index (κ1) is 8.21. The van der Waals surface area contributed by atoms with Gasteiger partial charge in [-0.15, -0.1) is 0 Å². The lowest BCUT2D eigenvalue weighted by Crippen LogP contribution is -1.96. The number of hydrogen-bond donors (Lipinski definition) is 1. The molecular formula is C7H13NO. The molecule has 0 aliphatic heterocycles. The third-order valence-electron chi connectivity index (χ3n) is 0.979. The highest BCUT2D eigenvalue weighted by Crippen LogP contribution is 1.97. The molecule has 0 amide bonds. The van der Waals surface area contributed by atoms with Crippen LogP contribution in [0.5, 0.6) is 0 Å². The summed E-state index contributed by atoms with van der Waals surface area (Å²) in [4.78, 5) is 0. The van der Waals surface area contributed by atoms with E-state index in [-0.39, 0.29) is 0 Å². The van der Waals surface area contributed by atoms with Gasteiger partial charge >= 0.3 is 0 Å². The Morgan fingerprint density at radius 2 is 2.22 bits per heavy atom. The van der Waals surface area contributed by atoms with Crippen LogP contribution >= 0.6 is 0 Å². The van der Waals surface area contributed by atoms with Crippen LogP contribution in [0.4, 0.5) is 0 Å². The molecule has 0 saturated carbocycles. The van der Waals surface area contributed by atoms with Gasteiger partial charge in [0.25, 0.3) is 0 Å². The Hall–Kier alpha value is -0.790. The summed E-state index contributed by atoms with van der Waals surface area (Å²) in [6, 6.07) is 0. The molecule has 0 aromatic rings. The molecule has 0 fully saturated rings. The maximum Gasteiger partial charge on any atom is 0.135 e. The summed E-state index contributed by atoms with van der Waals surface area (Å²) in [6.07, 6.45) is 2.81. The highest BCUT2D eigenvalue weighted by atomic mass is 16.5. The van der Waals surface area contributed by atoms with Gasteiger partial charge in [0.05, 0.1) is 12.8 Å². The van der Waals surface area contributed by atoms with Crippen LogP contribution in [0, 0.1) is 5.41 Å². The van der Waals surface area contributed by atoms with Crippen molar-refractivity contribution in [3.8, 4) is 0 Å². The summed E-state index contributed by atoms with van der Waals surface area (Å²) in [5.74, 6) is 0.678. The second-order valence-electron chi connectivity index (χ2n) is 1.81. The number of ether oxygens (including phenoxy) is 1. The zero-order chi connectivity index (χ0) is 7.28. The molecule has 0 aromatic heterocycles. The van der Waals surface area contributed by atoms with E-state index in [1.54, 1.807) is 14.0 Å². The van der Waals surface area contributed by atoms with Crippen molar-refractivity contribution in [3.63, 3.8) is 0 Å². The molecule has 52 valence electrons. The fraction of sp³-hybridized carbons (Fsp3) is 0.571. The SMILES string of the molecule is CC/C=C(/OC)C(C)=N. The van der Waals surface area contributed by atoms with E-state index in [1.165, 1.54) is 0 Å². The van der Waals surface area contributed by atoms with Crippen LogP contribution in [-0.2, 0) is 4.74 Å². The van der Waals surface area contributed by atoms with Crippen molar-refractivity contribution in [2.75, 3.05) is 7.11 Å². The molecule has 0 radical (unpaired) electrons. The van der Waals surface area contributed by atoms with Gasteiger partial charge in [0.2, 0.25) is 0 Å². The highest BCUT2D eigenvalue weighted by molar-refractivity contribution is 5.93. The third kappa shape index (κ3) is 2.90. The van der Waals surface area contributed by atoms with Gasteiger partial charge in [-0.25, -0.2) is 0 Å². The van der Waals surface area contributed by atoms with Crippen molar-refractivity contribution < 1.29 is 4.74 Å². The molecule has 0 heterocycles. The van der Waals surface area contributed by atoms with Crippen molar-refractivity contribution in [3.05, 3.63) is 11.8 Å². The summed E-state index contributed by atoms with van der Waals surface area (Å²) in [7, 11) is 1.58. The van der Waals surface area contributed by atoms with Gasteiger partial charge < -0.3 is 10.1 Å². The van der Waals surface area contributed by atoms with E-state index in [0.29, 0.717) is 11.5 Å². The molecule has 0 spiro atoms.